The van der Waals surface area contributed by atoms with Crippen molar-refractivity contribution in [1.82, 2.24) is 9.97 Å². The molecule has 1 saturated heterocycles. The smallest absolute Gasteiger partial charge is 0.134 e. The van der Waals surface area contributed by atoms with Gasteiger partial charge in [0.25, 0.3) is 0 Å². The summed E-state index contributed by atoms with van der Waals surface area (Å²) in [6, 6.07) is 1.91. The van der Waals surface area contributed by atoms with Gasteiger partial charge in [-0.3, -0.25) is 0 Å². The molecule has 2 heterocycles. The third kappa shape index (κ3) is 1.81. The van der Waals surface area contributed by atoms with Gasteiger partial charge in [0.1, 0.15) is 17.3 Å². The van der Waals surface area contributed by atoms with E-state index in [0.29, 0.717) is 5.15 Å². The quantitative estimate of drug-likeness (QED) is 0.748. The van der Waals surface area contributed by atoms with Crippen molar-refractivity contribution in [2.75, 3.05) is 18.1 Å². The highest BCUT2D eigenvalue weighted by molar-refractivity contribution is 6.29. The second-order valence-electron chi connectivity index (χ2n) is 3.37. The van der Waals surface area contributed by atoms with Gasteiger partial charge >= 0.3 is 0 Å². The van der Waals surface area contributed by atoms with Gasteiger partial charge in [-0.2, -0.15) is 0 Å². The summed E-state index contributed by atoms with van der Waals surface area (Å²) in [5.74, 6) is 0.807. The van der Waals surface area contributed by atoms with E-state index in [-0.39, 0.29) is 12.6 Å². The van der Waals surface area contributed by atoms with Crippen molar-refractivity contribution in [3.63, 3.8) is 0 Å². The molecule has 76 valence electrons. The van der Waals surface area contributed by atoms with Crippen LogP contribution < -0.4 is 4.90 Å². The minimum absolute atomic E-state index is 0.168. The summed E-state index contributed by atoms with van der Waals surface area (Å²) in [6.45, 7) is 1.10. The van der Waals surface area contributed by atoms with Crippen LogP contribution in [0.4, 0.5) is 5.82 Å². The van der Waals surface area contributed by atoms with Crippen LogP contribution in [-0.2, 0) is 0 Å². The van der Waals surface area contributed by atoms with Gasteiger partial charge in [-0.25, -0.2) is 9.97 Å². The number of anilines is 1. The molecule has 1 fully saturated rings. The first kappa shape index (κ1) is 9.68. The molecule has 0 amide bonds. The van der Waals surface area contributed by atoms with E-state index in [4.69, 9.17) is 16.7 Å². The Hall–Kier alpha value is -0.870. The molecule has 1 aromatic heterocycles. The normalized spacial score (nSPS) is 21.6. The Morgan fingerprint density at radius 1 is 1.57 bits per heavy atom. The number of aliphatic hydroxyl groups is 1. The molecule has 5 heteroatoms. The minimum Gasteiger partial charge on any atom is -0.394 e. The molecule has 1 aliphatic heterocycles. The minimum atomic E-state index is 0.168. The lowest BCUT2D eigenvalue weighted by Gasteiger charge is -2.23. The highest BCUT2D eigenvalue weighted by Crippen LogP contribution is 2.24. The predicted octanol–water partition coefficient (Wildman–Crippen LogP) is 1.09. The van der Waals surface area contributed by atoms with Crippen molar-refractivity contribution in [3.8, 4) is 0 Å². The third-order valence-corrected chi connectivity index (χ3v) is 2.71. The first-order chi connectivity index (χ1) is 6.81. The molecule has 0 radical (unpaired) electrons. The van der Waals surface area contributed by atoms with E-state index in [1.807, 2.05) is 0 Å². The highest BCUT2D eigenvalue weighted by Gasteiger charge is 2.24. The monoisotopic (exact) mass is 213 g/mol. The maximum Gasteiger partial charge on any atom is 0.134 e. The highest BCUT2D eigenvalue weighted by atomic mass is 35.5. The third-order valence-electron chi connectivity index (χ3n) is 2.50. The summed E-state index contributed by atoms with van der Waals surface area (Å²) in [6.07, 6.45) is 3.55. The summed E-state index contributed by atoms with van der Waals surface area (Å²) in [5.41, 5.74) is 0. The Bertz CT molecular complexity index is 321. The maximum absolute atomic E-state index is 9.15. The zero-order valence-corrected chi connectivity index (χ0v) is 8.48. The van der Waals surface area contributed by atoms with Gasteiger partial charge < -0.3 is 10.0 Å². The summed E-state index contributed by atoms with van der Waals surface area (Å²) in [4.78, 5) is 10.0. The molecule has 1 N–H and O–H groups in total. The van der Waals surface area contributed by atoms with Gasteiger partial charge in [0.05, 0.1) is 12.6 Å². The summed E-state index contributed by atoms with van der Waals surface area (Å²) in [7, 11) is 0. The van der Waals surface area contributed by atoms with E-state index in [9.17, 15) is 0 Å². The number of rotatable bonds is 2. The van der Waals surface area contributed by atoms with Crippen LogP contribution in [-0.4, -0.2) is 34.3 Å². The van der Waals surface area contributed by atoms with E-state index in [0.717, 1.165) is 25.2 Å². The SMILES string of the molecule is OCC1CCCN1c1cc(Cl)ncn1. The summed E-state index contributed by atoms with van der Waals surface area (Å²) in [5, 5.41) is 9.59. The van der Waals surface area contributed by atoms with Crippen LogP contribution in [0.15, 0.2) is 12.4 Å². The van der Waals surface area contributed by atoms with Crippen LogP contribution in [0.5, 0.6) is 0 Å². The molecule has 1 atom stereocenters. The van der Waals surface area contributed by atoms with Gasteiger partial charge in [-0.15, -0.1) is 0 Å². The second kappa shape index (κ2) is 4.11. The maximum atomic E-state index is 9.15. The van der Waals surface area contributed by atoms with Gasteiger partial charge in [-0.1, -0.05) is 11.6 Å². The zero-order chi connectivity index (χ0) is 9.97. The van der Waals surface area contributed by atoms with Crippen LogP contribution in [0, 0.1) is 0 Å². The van der Waals surface area contributed by atoms with Crippen molar-refractivity contribution in [2.45, 2.75) is 18.9 Å². The molecule has 2 rings (SSSR count). The standard InChI is InChI=1S/C9H12ClN3O/c10-8-4-9(12-6-11-8)13-3-1-2-7(13)5-14/h4,6-7,14H,1-3,5H2. The summed E-state index contributed by atoms with van der Waals surface area (Å²) < 4.78 is 0. The van der Waals surface area contributed by atoms with E-state index in [1.165, 1.54) is 6.33 Å². The number of hydrogen-bond acceptors (Lipinski definition) is 4. The zero-order valence-electron chi connectivity index (χ0n) is 7.73. The molecular weight excluding hydrogens is 202 g/mol. The first-order valence-electron chi connectivity index (χ1n) is 4.66. The Balaban J connectivity index is 2.21. The number of hydrogen-bond donors (Lipinski definition) is 1. The van der Waals surface area contributed by atoms with Crippen molar-refractivity contribution in [3.05, 3.63) is 17.5 Å². The molecule has 0 spiro atoms. The molecule has 0 aromatic carbocycles. The molecule has 1 aromatic rings. The summed E-state index contributed by atoms with van der Waals surface area (Å²) >= 11 is 5.77. The fourth-order valence-electron chi connectivity index (χ4n) is 1.81. The van der Waals surface area contributed by atoms with Gasteiger partial charge in [0.2, 0.25) is 0 Å². The van der Waals surface area contributed by atoms with Crippen LogP contribution >= 0.6 is 11.6 Å². The largest absolute Gasteiger partial charge is 0.394 e. The Labute approximate surface area is 87.5 Å². The van der Waals surface area contributed by atoms with Crippen LogP contribution in [0.3, 0.4) is 0 Å². The van der Waals surface area contributed by atoms with E-state index in [2.05, 4.69) is 14.9 Å². The molecular formula is C9H12ClN3O. The lowest BCUT2D eigenvalue weighted by molar-refractivity contribution is 0.266. The van der Waals surface area contributed by atoms with E-state index < -0.39 is 0 Å². The van der Waals surface area contributed by atoms with Gasteiger partial charge in [0.15, 0.2) is 0 Å². The fraction of sp³-hybridized carbons (Fsp3) is 0.556. The number of nitrogens with zero attached hydrogens (tertiary/aromatic N) is 3. The van der Waals surface area contributed by atoms with Crippen LogP contribution in [0.1, 0.15) is 12.8 Å². The van der Waals surface area contributed by atoms with Crippen molar-refractivity contribution >= 4 is 17.4 Å². The second-order valence-corrected chi connectivity index (χ2v) is 3.76. The Kier molecular flexibility index (Phi) is 2.84. The molecule has 1 aliphatic rings. The molecule has 4 nitrogen and oxygen atoms in total. The predicted molar refractivity (Wildman–Crippen MR) is 54.5 cm³/mol. The number of aliphatic hydroxyl groups excluding tert-OH is 1. The number of halogens is 1. The lowest BCUT2D eigenvalue weighted by atomic mass is 10.2. The lowest BCUT2D eigenvalue weighted by Crippen LogP contribution is -2.32. The topological polar surface area (TPSA) is 49.2 Å². The average molecular weight is 214 g/mol. The molecule has 0 saturated carbocycles. The number of aromatic nitrogens is 2. The van der Waals surface area contributed by atoms with Gasteiger partial charge in [0, 0.05) is 12.6 Å². The van der Waals surface area contributed by atoms with E-state index >= 15 is 0 Å². The Morgan fingerprint density at radius 2 is 2.43 bits per heavy atom. The fourth-order valence-corrected chi connectivity index (χ4v) is 1.95. The molecule has 0 aliphatic carbocycles. The van der Waals surface area contributed by atoms with E-state index in [1.54, 1.807) is 6.07 Å². The van der Waals surface area contributed by atoms with Crippen LogP contribution in [0.2, 0.25) is 5.15 Å². The van der Waals surface area contributed by atoms with Crippen molar-refractivity contribution < 1.29 is 5.11 Å². The first-order valence-corrected chi connectivity index (χ1v) is 5.04. The molecule has 1 unspecified atom stereocenters. The van der Waals surface area contributed by atoms with Crippen LogP contribution in [0.25, 0.3) is 0 Å². The molecule has 0 bridgehead atoms. The van der Waals surface area contributed by atoms with Gasteiger partial charge in [-0.05, 0) is 12.8 Å². The van der Waals surface area contributed by atoms with Crippen molar-refractivity contribution in [1.29, 1.82) is 0 Å². The molecule has 14 heavy (non-hydrogen) atoms. The average Bonchev–Trinajstić information content (AvgIpc) is 2.65. The Morgan fingerprint density at radius 3 is 3.14 bits per heavy atom. The van der Waals surface area contributed by atoms with Crippen molar-refractivity contribution in [2.24, 2.45) is 0 Å².